The van der Waals surface area contributed by atoms with Crippen LogP contribution in [0.15, 0.2) is 121 Å². The third-order valence-electron chi connectivity index (χ3n) is 14.2. The van der Waals surface area contributed by atoms with Gasteiger partial charge in [0, 0.05) is 30.2 Å². The number of anilines is 1. The van der Waals surface area contributed by atoms with E-state index >= 15 is 0 Å². The van der Waals surface area contributed by atoms with Crippen LogP contribution in [0.3, 0.4) is 0 Å². The zero-order chi connectivity index (χ0) is 58.1. The first kappa shape index (κ1) is 62.0. The van der Waals surface area contributed by atoms with Gasteiger partial charge in [0.25, 0.3) is 0 Å². The number of hydrogen-bond donors (Lipinski definition) is 1. The van der Waals surface area contributed by atoms with Crippen molar-refractivity contribution < 1.29 is 67.0 Å². The number of carbonyl (C=O) groups excluding carboxylic acids is 5. The average molecular weight is 1140 g/mol. The molecule has 0 saturated heterocycles. The Morgan fingerprint density at radius 1 is 0.610 bits per heavy atom. The van der Waals surface area contributed by atoms with Gasteiger partial charge in [-0.3, -0.25) is 14.4 Å². The number of ether oxygens (including phenoxy) is 8. The second-order valence-corrected chi connectivity index (χ2v) is 22.0. The van der Waals surface area contributed by atoms with E-state index in [1.165, 1.54) is 11.3 Å². The number of nitrogens with zero attached hydrogens (tertiary/aromatic N) is 3. The number of rotatable bonds is 32. The van der Waals surface area contributed by atoms with E-state index in [-0.39, 0.29) is 41.4 Å². The molecule has 82 heavy (non-hydrogen) atoms. The summed E-state index contributed by atoms with van der Waals surface area (Å²) in [5.41, 5.74) is 1.31. The van der Waals surface area contributed by atoms with Crippen LogP contribution in [-0.4, -0.2) is 85.4 Å². The maximum absolute atomic E-state index is 13.9. The van der Waals surface area contributed by atoms with Gasteiger partial charge >= 0.3 is 29.8 Å². The SMILES string of the molecule is C=CC(=O)OCCCCCCOc1ccc(OC(=O)C2CCC(C(=O)Oc3ccc(OC(O)C4CCC(C(=O)Oc5ccc(OCCCCCCOC(=O)C=C)cc5)CC4)cc3/C=N/N(CC(C)C)c3nc4ccccc4s3)CC2)cc1. The summed E-state index contributed by atoms with van der Waals surface area (Å²) < 4.78 is 46.5. The number of unbranched alkanes of at least 4 members (excludes halogenated alkanes) is 6. The van der Waals surface area contributed by atoms with Crippen molar-refractivity contribution in [1.82, 2.24) is 4.98 Å². The molecular weight excluding hydrogens is 1070 g/mol. The Kier molecular flexibility index (Phi) is 24.8. The molecule has 0 spiro atoms. The van der Waals surface area contributed by atoms with Crippen LogP contribution < -0.4 is 33.4 Å². The smallest absolute Gasteiger partial charge is 0.330 e. The second kappa shape index (κ2) is 32.8. The fourth-order valence-corrected chi connectivity index (χ4v) is 10.5. The van der Waals surface area contributed by atoms with E-state index in [0.29, 0.717) is 124 Å². The highest BCUT2D eigenvalue weighted by Crippen LogP contribution is 2.36. The van der Waals surface area contributed by atoms with Crippen LogP contribution >= 0.6 is 11.3 Å². The third kappa shape index (κ3) is 20.1. The highest BCUT2D eigenvalue weighted by molar-refractivity contribution is 7.22. The fourth-order valence-electron chi connectivity index (χ4n) is 9.61. The minimum absolute atomic E-state index is 0.229. The molecule has 18 heteroatoms. The molecular formula is C64H77N3O14S. The van der Waals surface area contributed by atoms with Gasteiger partial charge < -0.3 is 43.0 Å². The first-order chi connectivity index (χ1) is 39.8. The van der Waals surface area contributed by atoms with Gasteiger partial charge in [-0.1, -0.05) is 50.5 Å². The van der Waals surface area contributed by atoms with Crippen molar-refractivity contribution in [2.24, 2.45) is 34.7 Å². The summed E-state index contributed by atoms with van der Waals surface area (Å²) in [6.45, 7) is 13.4. The van der Waals surface area contributed by atoms with Gasteiger partial charge in [0.05, 0.1) is 60.6 Å². The normalized spacial score (nSPS) is 17.3. The highest BCUT2D eigenvalue weighted by Gasteiger charge is 2.34. The fraction of sp³-hybridized carbons (Fsp3) is 0.453. The van der Waals surface area contributed by atoms with Crippen molar-refractivity contribution in [2.75, 3.05) is 38.0 Å². The van der Waals surface area contributed by atoms with Crippen LogP contribution in [0, 0.1) is 29.6 Å². The summed E-state index contributed by atoms with van der Waals surface area (Å²) in [5, 5.41) is 18.9. The molecule has 5 aromatic rings. The van der Waals surface area contributed by atoms with Gasteiger partial charge in [0.15, 0.2) is 6.29 Å². The summed E-state index contributed by atoms with van der Waals surface area (Å²) in [4.78, 5) is 67.6. The van der Waals surface area contributed by atoms with E-state index in [0.717, 1.165) is 73.7 Å². The van der Waals surface area contributed by atoms with E-state index in [1.807, 2.05) is 29.3 Å². The average Bonchev–Trinajstić information content (AvgIpc) is 3.98. The Hall–Kier alpha value is -7.57. The van der Waals surface area contributed by atoms with Gasteiger partial charge in [-0.25, -0.2) is 19.6 Å². The Labute approximate surface area is 484 Å². The summed E-state index contributed by atoms with van der Waals surface area (Å²) in [6, 6.07) is 26.8. The van der Waals surface area contributed by atoms with Gasteiger partial charge in [-0.15, -0.1) is 0 Å². The predicted molar refractivity (Wildman–Crippen MR) is 313 cm³/mol. The maximum atomic E-state index is 13.9. The Bertz CT molecular complexity index is 2860. The molecule has 2 aliphatic carbocycles. The number of aromatic nitrogens is 1. The summed E-state index contributed by atoms with van der Waals surface area (Å²) in [6.07, 6.45) is 13.6. The topological polar surface area (TPSA) is 208 Å². The molecule has 2 fully saturated rings. The lowest BCUT2D eigenvalue weighted by molar-refractivity contribution is -0.145. The van der Waals surface area contributed by atoms with Crippen LogP contribution in [0.1, 0.15) is 122 Å². The molecule has 0 radical (unpaired) electrons. The molecule has 1 atom stereocenters. The molecule has 1 heterocycles. The number of aliphatic hydroxyl groups is 1. The molecule has 2 aliphatic rings. The van der Waals surface area contributed by atoms with Gasteiger partial charge in [-0.2, -0.15) is 5.10 Å². The molecule has 2 saturated carbocycles. The van der Waals surface area contributed by atoms with Crippen LogP contribution in [0.4, 0.5) is 5.13 Å². The largest absolute Gasteiger partial charge is 0.494 e. The number of esters is 5. The van der Waals surface area contributed by atoms with Crippen LogP contribution in [0.5, 0.6) is 34.5 Å². The molecule has 4 aromatic carbocycles. The van der Waals surface area contributed by atoms with E-state index in [2.05, 4.69) is 27.0 Å². The number of thiazole rings is 1. The molecule has 0 amide bonds. The number of para-hydroxylation sites is 1. The van der Waals surface area contributed by atoms with Gasteiger partial charge in [0.1, 0.15) is 34.5 Å². The standard InChI is InChI=1S/C64H77N3O14S/c1-5-58(68)76-39-15-9-7-13-37-74-50-27-31-52(32-28-50)78-60(70)45-19-21-47(22-20-45)62(72)80-54-35-36-56(49(41-54)42-65-67(43-44(3)4)64-66-55-17-11-12-18-57(55)82-64)81-63(73)48-25-23-46(24-26-48)61(71)79-53-33-29-51(30-34-53)75-38-14-8-10-16-40-77-59(69)6-2/h5-6,11-12,17-18,27-36,41-42,44-48,62,72H,1-2,7-10,13-16,19-26,37-40,43H2,3-4H3/b65-42+. The monoisotopic (exact) mass is 1140 g/mol. The second-order valence-electron chi connectivity index (χ2n) is 21.0. The van der Waals surface area contributed by atoms with E-state index < -0.39 is 30.1 Å². The number of carbonyl (C=O) groups is 5. The zero-order valence-electron chi connectivity index (χ0n) is 47.1. The summed E-state index contributed by atoms with van der Waals surface area (Å²) >= 11 is 1.53. The van der Waals surface area contributed by atoms with Crippen molar-refractivity contribution in [3.05, 3.63) is 122 Å². The lowest BCUT2D eigenvalue weighted by atomic mass is 9.81. The van der Waals surface area contributed by atoms with Crippen LogP contribution in [0.25, 0.3) is 10.2 Å². The Morgan fingerprint density at radius 3 is 1.57 bits per heavy atom. The zero-order valence-corrected chi connectivity index (χ0v) is 47.9. The molecule has 17 nitrogen and oxygen atoms in total. The number of aliphatic hydroxyl groups excluding tert-OH is 1. The van der Waals surface area contributed by atoms with Crippen molar-refractivity contribution in [1.29, 1.82) is 0 Å². The lowest BCUT2D eigenvalue weighted by Crippen LogP contribution is -2.33. The molecule has 1 N–H and O–H groups in total. The van der Waals surface area contributed by atoms with Crippen molar-refractivity contribution >= 4 is 62.7 Å². The van der Waals surface area contributed by atoms with E-state index in [1.54, 1.807) is 72.9 Å². The van der Waals surface area contributed by atoms with Crippen LogP contribution in [-0.2, 0) is 33.4 Å². The van der Waals surface area contributed by atoms with E-state index in [4.69, 9.17) is 48.0 Å². The highest BCUT2D eigenvalue weighted by atomic mass is 32.1. The number of benzene rings is 4. The quantitative estimate of drug-likeness (QED) is 0.00808. The lowest BCUT2D eigenvalue weighted by Gasteiger charge is -2.30. The number of fused-ring (bicyclic) bond motifs is 1. The van der Waals surface area contributed by atoms with Crippen molar-refractivity contribution in [3.63, 3.8) is 0 Å². The van der Waals surface area contributed by atoms with Crippen molar-refractivity contribution in [2.45, 2.75) is 123 Å². The Morgan fingerprint density at radius 2 is 1.07 bits per heavy atom. The molecule has 1 aromatic heterocycles. The van der Waals surface area contributed by atoms with E-state index in [9.17, 15) is 29.1 Å². The summed E-state index contributed by atoms with van der Waals surface area (Å²) in [7, 11) is 0. The molecule has 1 unspecified atom stereocenters. The van der Waals surface area contributed by atoms with Crippen molar-refractivity contribution in [3.8, 4) is 34.5 Å². The maximum Gasteiger partial charge on any atom is 0.330 e. The molecule has 0 bridgehead atoms. The minimum Gasteiger partial charge on any atom is -0.494 e. The molecule has 438 valence electrons. The van der Waals surface area contributed by atoms with Gasteiger partial charge in [0.2, 0.25) is 5.13 Å². The predicted octanol–water partition coefficient (Wildman–Crippen LogP) is 12.6. The minimum atomic E-state index is -1.18. The Balaban J connectivity index is 0.897. The third-order valence-corrected chi connectivity index (χ3v) is 15.3. The van der Waals surface area contributed by atoms with Gasteiger partial charge in [-0.05, 0) is 188 Å². The van der Waals surface area contributed by atoms with Crippen LogP contribution in [0.2, 0.25) is 0 Å². The first-order valence-electron chi connectivity index (χ1n) is 28.7. The number of hydrogen-bond acceptors (Lipinski definition) is 18. The molecule has 0 aliphatic heterocycles. The molecule has 7 rings (SSSR count). The first-order valence-corrected chi connectivity index (χ1v) is 29.5. The summed E-state index contributed by atoms with van der Waals surface area (Å²) in [5.74, 6) is -0.316. The number of hydrazone groups is 1.